The topological polar surface area (TPSA) is 70.8 Å². The fourth-order valence-electron chi connectivity index (χ4n) is 1.70. The number of hydrogen-bond acceptors (Lipinski definition) is 6. The zero-order valence-corrected chi connectivity index (χ0v) is 16.2. The Bertz CT molecular complexity index is 750. The lowest BCUT2D eigenvalue weighted by molar-refractivity contribution is 0.00714. The number of rotatable bonds is 4. The van der Waals surface area contributed by atoms with E-state index in [0.717, 1.165) is 0 Å². The standard InChI is InChI=1S/C16H16Cl3NO5/c1-9-13(24-14(21)25-15(2,3)16(17,18)19)23-12(20-9)10-5-7-11(22-4)8-6-10/h5-8H,1-4H3. The van der Waals surface area contributed by atoms with E-state index in [2.05, 4.69) is 4.98 Å². The molecule has 0 bridgehead atoms. The Hall–Kier alpha value is -1.63. The minimum absolute atomic E-state index is 0.101. The van der Waals surface area contributed by atoms with E-state index in [1.165, 1.54) is 13.8 Å². The molecular formula is C16H16Cl3NO5. The maximum atomic E-state index is 11.9. The van der Waals surface area contributed by atoms with Crippen LogP contribution in [0.1, 0.15) is 19.5 Å². The smallest absolute Gasteiger partial charge is 0.497 e. The lowest BCUT2D eigenvalue weighted by Crippen LogP contribution is -2.41. The van der Waals surface area contributed by atoms with Crippen LogP contribution in [0, 0.1) is 6.92 Å². The van der Waals surface area contributed by atoms with Crippen molar-refractivity contribution in [3.8, 4) is 23.1 Å². The summed E-state index contributed by atoms with van der Waals surface area (Å²) < 4.78 is 18.8. The van der Waals surface area contributed by atoms with E-state index in [4.69, 9.17) is 53.4 Å². The lowest BCUT2D eigenvalue weighted by Gasteiger charge is -2.30. The maximum absolute atomic E-state index is 11.9. The summed E-state index contributed by atoms with van der Waals surface area (Å²) in [6.45, 7) is 4.51. The van der Waals surface area contributed by atoms with Crippen LogP contribution in [-0.2, 0) is 4.74 Å². The first-order valence-electron chi connectivity index (χ1n) is 7.13. The fraction of sp³-hybridized carbons (Fsp3) is 0.375. The Labute approximate surface area is 159 Å². The average molecular weight is 409 g/mol. The van der Waals surface area contributed by atoms with Crippen molar-refractivity contribution in [2.24, 2.45) is 0 Å². The highest BCUT2D eigenvalue weighted by Gasteiger charge is 2.44. The van der Waals surface area contributed by atoms with Crippen molar-refractivity contribution in [1.82, 2.24) is 4.98 Å². The Morgan fingerprint density at radius 3 is 2.28 bits per heavy atom. The van der Waals surface area contributed by atoms with Crippen LogP contribution >= 0.6 is 34.8 Å². The van der Waals surface area contributed by atoms with E-state index in [0.29, 0.717) is 17.0 Å². The molecule has 0 saturated heterocycles. The molecule has 2 aromatic rings. The molecule has 0 aliphatic rings. The van der Waals surface area contributed by atoms with Crippen LogP contribution in [0.2, 0.25) is 0 Å². The third-order valence-electron chi connectivity index (χ3n) is 3.29. The van der Waals surface area contributed by atoms with Gasteiger partial charge in [-0.05, 0) is 45.0 Å². The van der Waals surface area contributed by atoms with E-state index < -0.39 is 15.5 Å². The van der Waals surface area contributed by atoms with Gasteiger partial charge in [-0.2, -0.15) is 0 Å². The van der Waals surface area contributed by atoms with Gasteiger partial charge in [-0.3, -0.25) is 0 Å². The van der Waals surface area contributed by atoms with Crippen molar-refractivity contribution in [3.05, 3.63) is 30.0 Å². The molecule has 6 nitrogen and oxygen atoms in total. The quantitative estimate of drug-likeness (QED) is 0.503. The van der Waals surface area contributed by atoms with Crippen molar-refractivity contribution >= 4 is 41.0 Å². The number of nitrogens with zero attached hydrogens (tertiary/aromatic N) is 1. The van der Waals surface area contributed by atoms with E-state index in [1.807, 2.05) is 0 Å². The van der Waals surface area contributed by atoms with Crippen molar-refractivity contribution in [2.75, 3.05) is 7.11 Å². The second kappa shape index (κ2) is 7.32. The summed E-state index contributed by atoms with van der Waals surface area (Å²) >= 11 is 17.3. The van der Waals surface area contributed by atoms with Gasteiger partial charge in [0.15, 0.2) is 5.60 Å². The molecule has 136 valence electrons. The molecule has 25 heavy (non-hydrogen) atoms. The molecule has 0 amide bonds. The van der Waals surface area contributed by atoms with Gasteiger partial charge in [-0.1, -0.05) is 34.8 Å². The van der Waals surface area contributed by atoms with Gasteiger partial charge in [0.2, 0.25) is 9.68 Å². The molecule has 0 unspecified atom stereocenters. The monoisotopic (exact) mass is 407 g/mol. The number of ether oxygens (including phenoxy) is 3. The second-order valence-corrected chi connectivity index (χ2v) is 7.86. The molecular weight excluding hydrogens is 393 g/mol. The van der Waals surface area contributed by atoms with E-state index >= 15 is 0 Å². The number of alkyl halides is 3. The molecule has 0 spiro atoms. The molecule has 0 radical (unpaired) electrons. The highest BCUT2D eigenvalue weighted by molar-refractivity contribution is 6.68. The summed E-state index contributed by atoms with van der Waals surface area (Å²) in [5.74, 6) is 0.876. The van der Waals surface area contributed by atoms with Crippen LogP contribution in [0.3, 0.4) is 0 Å². The molecule has 0 aliphatic carbocycles. The molecule has 0 N–H and O–H groups in total. The highest BCUT2D eigenvalue weighted by Crippen LogP contribution is 2.40. The highest BCUT2D eigenvalue weighted by atomic mass is 35.6. The van der Waals surface area contributed by atoms with Gasteiger partial charge < -0.3 is 18.6 Å². The molecule has 1 heterocycles. The maximum Gasteiger partial charge on any atom is 0.517 e. The number of aromatic nitrogens is 1. The van der Waals surface area contributed by atoms with Crippen molar-refractivity contribution in [3.63, 3.8) is 0 Å². The lowest BCUT2D eigenvalue weighted by atomic mass is 10.2. The summed E-state index contributed by atoms with van der Waals surface area (Å²) in [6.07, 6.45) is -1.07. The van der Waals surface area contributed by atoms with E-state index in [1.54, 1.807) is 38.3 Å². The van der Waals surface area contributed by atoms with Gasteiger partial charge >= 0.3 is 12.1 Å². The Kier molecular flexibility index (Phi) is 5.76. The van der Waals surface area contributed by atoms with Crippen molar-refractivity contribution in [2.45, 2.75) is 30.2 Å². The van der Waals surface area contributed by atoms with Crippen LogP contribution in [0.5, 0.6) is 11.7 Å². The van der Waals surface area contributed by atoms with Gasteiger partial charge in [0.05, 0.1) is 7.11 Å². The summed E-state index contributed by atoms with van der Waals surface area (Å²) in [5, 5.41) is 0. The van der Waals surface area contributed by atoms with Crippen molar-refractivity contribution in [1.29, 1.82) is 0 Å². The number of hydrogen-bond donors (Lipinski definition) is 0. The number of methoxy groups -OCH3 is 1. The predicted octanol–water partition coefficient (Wildman–Crippen LogP) is 5.32. The zero-order chi connectivity index (χ0) is 18.8. The Morgan fingerprint density at radius 2 is 1.76 bits per heavy atom. The molecule has 0 saturated carbocycles. The molecule has 2 rings (SSSR count). The minimum Gasteiger partial charge on any atom is -0.497 e. The van der Waals surface area contributed by atoms with Gasteiger partial charge in [0, 0.05) is 5.56 Å². The first-order valence-corrected chi connectivity index (χ1v) is 8.26. The molecule has 1 aromatic heterocycles. The van der Waals surface area contributed by atoms with Gasteiger partial charge in [-0.15, -0.1) is 0 Å². The minimum atomic E-state index is -1.82. The molecule has 0 atom stereocenters. The molecule has 9 heteroatoms. The third-order valence-corrected chi connectivity index (χ3v) is 4.65. The predicted molar refractivity (Wildman–Crippen MR) is 94.7 cm³/mol. The van der Waals surface area contributed by atoms with E-state index in [9.17, 15) is 4.79 Å². The van der Waals surface area contributed by atoms with Crippen LogP contribution in [0.15, 0.2) is 28.7 Å². The van der Waals surface area contributed by atoms with Crippen LogP contribution in [0.25, 0.3) is 11.5 Å². The first kappa shape index (κ1) is 19.7. The third kappa shape index (κ3) is 4.71. The molecule has 0 fully saturated rings. The van der Waals surface area contributed by atoms with Gasteiger partial charge in [0.1, 0.15) is 11.4 Å². The number of halogens is 3. The van der Waals surface area contributed by atoms with Crippen LogP contribution in [0.4, 0.5) is 4.79 Å². The van der Waals surface area contributed by atoms with Gasteiger partial charge in [-0.25, -0.2) is 9.78 Å². The SMILES string of the molecule is COc1ccc(-c2nc(C)c(OC(=O)OC(C)(C)C(Cl)(Cl)Cl)o2)cc1. The number of aryl methyl sites for hydroxylation is 1. The summed E-state index contributed by atoms with van der Waals surface area (Å²) in [4.78, 5) is 16.1. The van der Waals surface area contributed by atoms with Crippen LogP contribution < -0.4 is 9.47 Å². The number of benzene rings is 1. The van der Waals surface area contributed by atoms with Gasteiger partial charge in [0.25, 0.3) is 0 Å². The second-order valence-electron chi connectivity index (χ2n) is 5.58. The summed E-state index contributed by atoms with van der Waals surface area (Å²) in [7, 11) is 1.57. The Balaban J connectivity index is 2.13. The fourth-order valence-corrected chi connectivity index (χ4v) is 1.81. The average Bonchev–Trinajstić information content (AvgIpc) is 2.86. The molecule has 1 aromatic carbocycles. The number of carbonyl (C=O) groups is 1. The number of oxazole rings is 1. The van der Waals surface area contributed by atoms with Crippen LogP contribution in [-0.4, -0.2) is 27.6 Å². The molecule has 0 aliphatic heterocycles. The Morgan fingerprint density at radius 1 is 1.16 bits per heavy atom. The van der Waals surface area contributed by atoms with E-state index in [-0.39, 0.29) is 11.8 Å². The zero-order valence-electron chi connectivity index (χ0n) is 13.9. The first-order chi connectivity index (χ1) is 11.5. The van der Waals surface area contributed by atoms with Crippen molar-refractivity contribution < 1.29 is 23.4 Å². The normalized spacial score (nSPS) is 12.0. The summed E-state index contributed by atoms with van der Waals surface area (Å²) in [5.41, 5.74) is -0.343. The number of carbonyl (C=O) groups excluding carboxylic acids is 1. The summed E-state index contributed by atoms with van der Waals surface area (Å²) in [6, 6.07) is 7.04. The largest absolute Gasteiger partial charge is 0.517 e.